The van der Waals surface area contributed by atoms with Gasteiger partial charge in [0, 0.05) is 22.8 Å². The van der Waals surface area contributed by atoms with Crippen molar-refractivity contribution in [2.24, 2.45) is 0 Å². The maximum atomic E-state index is 10.6. The van der Waals surface area contributed by atoms with Gasteiger partial charge in [0.25, 0.3) is 0 Å². The highest BCUT2D eigenvalue weighted by Crippen LogP contribution is 2.13. The van der Waals surface area contributed by atoms with Crippen molar-refractivity contribution in [2.45, 2.75) is 40.0 Å². The van der Waals surface area contributed by atoms with Crippen molar-refractivity contribution in [3.63, 3.8) is 0 Å². The van der Waals surface area contributed by atoms with Gasteiger partial charge in [-0.05, 0) is 26.7 Å². The molecule has 8 heteroatoms. The van der Waals surface area contributed by atoms with Crippen molar-refractivity contribution in [2.75, 3.05) is 0 Å². The number of aliphatic carboxylic acids is 4. The van der Waals surface area contributed by atoms with Crippen molar-refractivity contribution in [3.05, 3.63) is 22.8 Å². The van der Waals surface area contributed by atoms with E-state index in [1.807, 2.05) is 6.92 Å². The number of carbonyl (C=O) groups is 4. The van der Waals surface area contributed by atoms with Crippen LogP contribution in [0, 0.1) is 0 Å². The molecule has 0 spiro atoms. The first-order chi connectivity index (χ1) is 10.0. The van der Waals surface area contributed by atoms with Crippen molar-refractivity contribution < 1.29 is 39.6 Å². The molecule has 0 saturated heterocycles. The summed E-state index contributed by atoms with van der Waals surface area (Å²) in [6, 6.07) is 0. The summed E-state index contributed by atoms with van der Waals surface area (Å²) < 4.78 is 0. The zero-order chi connectivity index (χ0) is 17.9. The Morgan fingerprint density at radius 2 is 1.36 bits per heavy atom. The van der Waals surface area contributed by atoms with Crippen LogP contribution in [0.5, 0.6) is 0 Å². The molecule has 0 aliphatic heterocycles. The van der Waals surface area contributed by atoms with Crippen LogP contribution in [0.15, 0.2) is 22.8 Å². The van der Waals surface area contributed by atoms with Gasteiger partial charge in [-0.3, -0.25) is 0 Å². The second-order valence-electron chi connectivity index (χ2n) is 4.29. The van der Waals surface area contributed by atoms with E-state index in [1.165, 1.54) is 13.8 Å². The predicted octanol–water partition coefficient (Wildman–Crippen LogP) is 1.76. The summed E-state index contributed by atoms with van der Waals surface area (Å²) >= 11 is 0. The molecule has 0 radical (unpaired) electrons. The van der Waals surface area contributed by atoms with Crippen molar-refractivity contribution >= 4 is 23.9 Å². The van der Waals surface area contributed by atoms with Gasteiger partial charge in [0.15, 0.2) is 0 Å². The Balaban J connectivity index is 0. The monoisotopic (exact) mass is 316 g/mol. The first-order valence-corrected chi connectivity index (χ1v) is 6.35. The molecule has 0 saturated carbocycles. The highest BCUT2D eigenvalue weighted by atomic mass is 16.4. The van der Waals surface area contributed by atoms with Crippen LogP contribution in [-0.2, 0) is 19.2 Å². The van der Waals surface area contributed by atoms with Gasteiger partial charge < -0.3 is 20.4 Å². The van der Waals surface area contributed by atoms with Crippen LogP contribution >= 0.6 is 0 Å². The molecule has 0 fully saturated rings. The first-order valence-electron chi connectivity index (χ1n) is 6.35. The molecule has 0 aromatic heterocycles. The minimum atomic E-state index is -1.24. The molecule has 0 bridgehead atoms. The zero-order valence-electron chi connectivity index (χ0n) is 12.6. The highest BCUT2D eigenvalue weighted by Gasteiger charge is 2.15. The number of unbranched alkanes of at least 4 members (excludes halogenated alkanes) is 1. The fourth-order valence-electron chi connectivity index (χ4n) is 1.18. The van der Waals surface area contributed by atoms with E-state index in [-0.39, 0.29) is 16.7 Å². The normalized spacial score (nSPS) is 11.7. The van der Waals surface area contributed by atoms with Gasteiger partial charge in [-0.15, -0.1) is 0 Å². The third-order valence-corrected chi connectivity index (χ3v) is 2.49. The molecular formula is C14H20O8. The molecule has 4 N–H and O–H groups in total. The standard InChI is InChI=1S/C9H14O4.C5H6O4/c1-3-4-5-7(9(12)13)6(2)8(10)11;1-3(5(8)9)2-4(6)7/h3-5H2,1-2H3,(H,10,11)(H,12,13);2H,1H3,(H,6,7)(H,8,9)/b7-6-;3-2-. The van der Waals surface area contributed by atoms with Crippen LogP contribution in [-0.4, -0.2) is 44.3 Å². The average molecular weight is 316 g/mol. The van der Waals surface area contributed by atoms with Crippen LogP contribution in [0.3, 0.4) is 0 Å². The Bertz CT molecular complexity index is 499. The second-order valence-corrected chi connectivity index (χ2v) is 4.29. The minimum Gasteiger partial charge on any atom is -0.478 e. The summed E-state index contributed by atoms with van der Waals surface area (Å²) in [6.07, 6.45) is 2.52. The third-order valence-electron chi connectivity index (χ3n) is 2.49. The van der Waals surface area contributed by atoms with Crippen LogP contribution in [0.4, 0.5) is 0 Å². The van der Waals surface area contributed by atoms with E-state index in [9.17, 15) is 19.2 Å². The summed E-state index contributed by atoms with van der Waals surface area (Å²) in [7, 11) is 0. The van der Waals surface area contributed by atoms with Crippen LogP contribution in [0.25, 0.3) is 0 Å². The molecule has 124 valence electrons. The minimum absolute atomic E-state index is 0.00866. The summed E-state index contributed by atoms with van der Waals surface area (Å²) in [6.45, 7) is 4.47. The summed E-state index contributed by atoms with van der Waals surface area (Å²) in [5.41, 5.74) is -0.238. The van der Waals surface area contributed by atoms with Gasteiger partial charge in [0.1, 0.15) is 0 Å². The second kappa shape index (κ2) is 11.1. The quantitative estimate of drug-likeness (QED) is 0.519. The lowest BCUT2D eigenvalue weighted by Crippen LogP contribution is -2.09. The number of carboxylic acid groups (broad SMARTS) is 4. The lowest BCUT2D eigenvalue weighted by atomic mass is 10.0. The molecule has 0 aliphatic rings. The van der Waals surface area contributed by atoms with Gasteiger partial charge in [-0.25, -0.2) is 19.2 Å². The molecule has 0 unspecified atom stereocenters. The largest absolute Gasteiger partial charge is 0.478 e. The number of rotatable bonds is 7. The van der Waals surface area contributed by atoms with E-state index in [4.69, 9.17) is 20.4 Å². The molecule has 0 heterocycles. The van der Waals surface area contributed by atoms with E-state index in [0.29, 0.717) is 18.9 Å². The maximum absolute atomic E-state index is 10.6. The number of hydrogen-bond acceptors (Lipinski definition) is 4. The van der Waals surface area contributed by atoms with E-state index in [2.05, 4.69) is 0 Å². The molecule has 0 rings (SSSR count). The molecule has 8 nitrogen and oxygen atoms in total. The lowest BCUT2D eigenvalue weighted by molar-refractivity contribution is -0.136. The van der Waals surface area contributed by atoms with E-state index >= 15 is 0 Å². The smallest absolute Gasteiger partial charge is 0.332 e. The zero-order valence-corrected chi connectivity index (χ0v) is 12.6. The van der Waals surface area contributed by atoms with Crippen molar-refractivity contribution in [1.82, 2.24) is 0 Å². The fraction of sp³-hybridized carbons (Fsp3) is 0.429. The van der Waals surface area contributed by atoms with Gasteiger partial charge in [-0.2, -0.15) is 0 Å². The first kappa shape index (κ1) is 21.7. The SMILES string of the molecule is C/C(=C/C(=O)O)C(=O)O.CCCC/C(C(=O)O)=C(\C)C(=O)O. The van der Waals surface area contributed by atoms with Crippen molar-refractivity contribution in [1.29, 1.82) is 0 Å². The van der Waals surface area contributed by atoms with Crippen LogP contribution in [0.2, 0.25) is 0 Å². The molecule has 0 atom stereocenters. The molecule has 22 heavy (non-hydrogen) atoms. The van der Waals surface area contributed by atoms with Crippen LogP contribution in [0.1, 0.15) is 40.0 Å². The predicted molar refractivity (Wildman–Crippen MR) is 76.5 cm³/mol. The summed E-state index contributed by atoms with van der Waals surface area (Å²) in [4.78, 5) is 40.8. The Morgan fingerprint density at radius 1 is 0.864 bits per heavy atom. The number of hydrogen-bond donors (Lipinski definition) is 4. The fourth-order valence-corrected chi connectivity index (χ4v) is 1.18. The third kappa shape index (κ3) is 10.2. The number of carboxylic acids is 4. The lowest BCUT2D eigenvalue weighted by Gasteiger charge is -2.03. The average Bonchev–Trinajstić information content (AvgIpc) is 2.38. The molecule has 0 aromatic rings. The Labute approximate surface area is 127 Å². The molecule has 0 amide bonds. The summed E-state index contributed by atoms with van der Waals surface area (Å²) in [5.74, 6) is -4.74. The topological polar surface area (TPSA) is 149 Å². The van der Waals surface area contributed by atoms with E-state index in [0.717, 1.165) is 6.42 Å². The van der Waals surface area contributed by atoms with Crippen LogP contribution < -0.4 is 0 Å². The molecule has 0 aromatic carbocycles. The summed E-state index contributed by atoms with van der Waals surface area (Å²) in [5, 5.41) is 33.4. The Kier molecular flexibility index (Phi) is 10.9. The van der Waals surface area contributed by atoms with Gasteiger partial charge in [-0.1, -0.05) is 13.3 Å². The van der Waals surface area contributed by atoms with Crippen molar-refractivity contribution in [3.8, 4) is 0 Å². The Hall–Kier alpha value is -2.64. The van der Waals surface area contributed by atoms with E-state index in [1.54, 1.807) is 0 Å². The van der Waals surface area contributed by atoms with Gasteiger partial charge in [0.2, 0.25) is 0 Å². The maximum Gasteiger partial charge on any atom is 0.332 e. The van der Waals surface area contributed by atoms with Gasteiger partial charge >= 0.3 is 23.9 Å². The molecular weight excluding hydrogens is 296 g/mol. The van der Waals surface area contributed by atoms with E-state index < -0.39 is 23.9 Å². The highest BCUT2D eigenvalue weighted by molar-refractivity contribution is 5.98. The van der Waals surface area contributed by atoms with Gasteiger partial charge in [0.05, 0.1) is 0 Å². The molecule has 0 aliphatic carbocycles. The Morgan fingerprint density at radius 3 is 1.59 bits per heavy atom.